The quantitative estimate of drug-likeness (QED) is 0.300. The van der Waals surface area contributed by atoms with Gasteiger partial charge in [0, 0.05) is 27.3 Å². The molecule has 0 aromatic carbocycles. The van der Waals surface area contributed by atoms with E-state index in [0.29, 0.717) is 0 Å². The van der Waals surface area contributed by atoms with Crippen molar-refractivity contribution in [1.29, 1.82) is 0 Å². The Morgan fingerprint density at radius 3 is 0.400 bits per heavy atom. The second-order valence-electron chi connectivity index (χ2n) is 0. The monoisotopic (exact) mass is 340 g/mol. The van der Waals surface area contributed by atoms with Crippen molar-refractivity contribution in [3.63, 3.8) is 0 Å². The predicted octanol–water partition coefficient (Wildman–Crippen LogP) is -1.46. The minimum absolute atomic E-state index is 0. The fourth-order valence-electron chi connectivity index (χ4n) is 0. The van der Waals surface area contributed by atoms with E-state index in [1.807, 2.05) is 0 Å². The zero-order chi connectivity index (χ0) is 0. The van der Waals surface area contributed by atoms with Gasteiger partial charge in [0.15, 0.2) is 0 Å². The van der Waals surface area contributed by atoms with E-state index in [-0.39, 0.29) is 81.3 Å². The molecule has 0 nitrogen and oxygen atoms in total. The zero-order valence-corrected chi connectivity index (χ0v) is 9.75. The second-order valence-corrected chi connectivity index (χ2v) is 0. The van der Waals surface area contributed by atoms with E-state index in [1.54, 1.807) is 0 Å². The Labute approximate surface area is 80.4 Å². The Kier molecular flexibility index (Phi) is 360. The summed E-state index contributed by atoms with van der Waals surface area (Å²) in [7, 11) is 0. The molecule has 0 rings (SSSR count). The maximum Gasteiger partial charge on any atom is 0 e. The average Bonchev–Trinajstić information content (AvgIpc) is 0. The van der Waals surface area contributed by atoms with Gasteiger partial charge in [0.2, 0.25) is 0 Å². The number of hydrogen-bond donors (Lipinski definition) is 0. The van der Waals surface area contributed by atoms with Gasteiger partial charge in [-0.25, -0.2) is 0 Å². The third-order valence-electron chi connectivity index (χ3n) is 0. The first-order valence-corrected chi connectivity index (χ1v) is 0. The molecule has 0 heterocycles. The van der Waals surface area contributed by atoms with E-state index in [4.69, 9.17) is 0 Å². The van der Waals surface area contributed by atoms with Crippen molar-refractivity contribution in [3.8, 4) is 0 Å². The molecular weight excluding hydrogens is 335 g/mol. The summed E-state index contributed by atoms with van der Waals surface area (Å²) >= 11 is 0. The molecule has 0 aliphatic rings. The van der Waals surface area contributed by atoms with Gasteiger partial charge in [-0.3, -0.25) is 0 Å². The molecule has 4 radical (unpaired) electrons. The minimum Gasteiger partial charge on any atom is -0.813 e. The molecule has 0 aliphatic heterocycles. The first-order chi connectivity index (χ1) is 0. The van der Waals surface area contributed by atoms with Crippen LogP contribution in [0, 0.1) is 0 Å². The van der Waals surface area contributed by atoms with Crippen molar-refractivity contribution in [2.45, 2.75) is 0 Å². The van der Waals surface area contributed by atoms with Crippen molar-refractivity contribution in [3.05, 3.63) is 0 Å². The first kappa shape index (κ1) is 54.3. The van der Waals surface area contributed by atoms with Gasteiger partial charge in [-0.15, -0.1) is 0 Å². The molecule has 5 heteroatoms. The van der Waals surface area contributed by atoms with Crippen LogP contribution in [0.1, 0.15) is 0 Å². The molecule has 0 saturated heterocycles. The van der Waals surface area contributed by atoms with Crippen LogP contribution in [0.15, 0.2) is 0 Å². The summed E-state index contributed by atoms with van der Waals surface area (Å²) in [6, 6.07) is 0. The van der Waals surface area contributed by atoms with Gasteiger partial charge < -0.3 is 54.0 Å². The minimum atomic E-state index is 0. The summed E-state index contributed by atoms with van der Waals surface area (Å²) in [6.07, 6.45) is 0. The molecule has 0 atom stereocenters. The molecule has 0 aliphatic carbocycles. The standard InChI is InChI=1S/Pb.4H2S/h;4*1H2/p-4. The topological polar surface area (TPSA) is 0 Å². The summed E-state index contributed by atoms with van der Waals surface area (Å²) in [6.45, 7) is 0. The van der Waals surface area contributed by atoms with Gasteiger partial charge in [0.25, 0.3) is 0 Å². The fourth-order valence-corrected chi connectivity index (χ4v) is 0. The summed E-state index contributed by atoms with van der Waals surface area (Å²) in [5.74, 6) is 0. The Bertz CT molecular complexity index is 3.61. The SMILES string of the molecule is [Pb].[SH-].[SH-].[SH-].[SH-]. The second kappa shape index (κ2) is 33.2. The number of rotatable bonds is 0. The smallest absolute Gasteiger partial charge is 0 e. The number of thiol groups is 4. The first-order valence-electron chi connectivity index (χ1n) is 0. The molecule has 36 valence electrons. The average molecular weight is 339 g/mol. The van der Waals surface area contributed by atoms with E-state index in [9.17, 15) is 0 Å². The van der Waals surface area contributed by atoms with Crippen LogP contribution in [0.4, 0.5) is 0 Å². The molecule has 0 aromatic rings. The van der Waals surface area contributed by atoms with Gasteiger partial charge in [-0.2, -0.15) is 0 Å². The van der Waals surface area contributed by atoms with E-state index >= 15 is 0 Å². The van der Waals surface area contributed by atoms with Crippen LogP contribution < -0.4 is 0 Å². The van der Waals surface area contributed by atoms with Crippen molar-refractivity contribution in [1.82, 2.24) is 0 Å². The van der Waals surface area contributed by atoms with Crippen molar-refractivity contribution in [2.75, 3.05) is 0 Å². The van der Waals surface area contributed by atoms with Gasteiger partial charge in [0.1, 0.15) is 0 Å². The molecule has 0 saturated carbocycles. The Balaban J connectivity index is 0. The van der Waals surface area contributed by atoms with E-state index in [1.165, 1.54) is 0 Å². The molecule has 5 heavy (non-hydrogen) atoms. The summed E-state index contributed by atoms with van der Waals surface area (Å²) in [5, 5.41) is 0. The summed E-state index contributed by atoms with van der Waals surface area (Å²) in [5.41, 5.74) is 0. The third kappa shape index (κ3) is 21.9. The van der Waals surface area contributed by atoms with Crippen molar-refractivity contribution < 1.29 is 0 Å². The Morgan fingerprint density at radius 1 is 0.400 bits per heavy atom. The molecule has 0 spiro atoms. The van der Waals surface area contributed by atoms with Crippen LogP contribution in [0.3, 0.4) is 0 Å². The van der Waals surface area contributed by atoms with Crippen LogP contribution >= 0.6 is 0 Å². The van der Waals surface area contributed by atoms with Crippen LogP contribution in [0.25, 0.3) is 0 Å². The molecule has 0 N–H and O–H groups in total. The molecule has 0 amide bonds. The van der Waals surface area contributed by atoms with Gasteiger partial charge in [-0.1, -0.05) is 0 Å². The van der Waals surface area contributed by atoms with Crippen molar-refractivity contribution >= 4 is 81.3 Å². The maximum absolute atomic E-state index is 0. The largest absolute Gasteiger partial charge is 0.813 e. The van der Waals surface area contributed by atoms with E-state index in [2.05, 4.69) is 0 Å². The fraction of sp³-hybridized carbons (Fsp3) is 0. The third-order valence-corrected chi connectivity index (χ3v) is 0. The molecule has 0 aromatic heterocycles. The van der Waals surface area contributed by atoms with Gasteiger partial charge >= 0.3 is 0 Å². The molecule has 0 bridgehead atoms. The Hall–Kier alpha value is 2.32. The van der Waals surface area contributed by atoms with Crippen LogP contribution in [0.2, 0.25) is 0 Å². The van der Waals surface area contributed by atoms with Crippen LogP contribution in [-0.4, -0.2) is 27.3 Å². The van der Waals surface area contributed by atoms with E-state index < -0.39 is 0 Å². The number of hydrogen-bond acceptors (Lipinski definition) is 4. The van der Waals surface area contributed by atoms with Crippen LogP contribution in [0.5, 0.6) is 0 Å². The molecule has 0 fully saturated rings. The zero-order valence-electron chi connectivity index (χ0n) is 2.29. The van der Waals surface area contributed by atoms with E-state index in [0.717, 1.165) is 0 Å². The van der Waals surface area contributed by atoms with Crippen LogP contribution in [-0.2, 0) is 54.0 Å². The summed E-state index contributed by atoms with van der Waals surface area (Å²) in [4.78, 5) is 0. The molecular formula is H4PbS4-4. The predicted molar refractivity (Wildman–Crippen MR) is 40.8 cm³/mol. The molecule has 0 unspecified atom stereocenters. The normalized spacial score (nSPS) is 0. The summed E-state index contributed by atoms with van der Waals surface area (Å²) < 4.78 is 0. The Morgan fingerprint density at radius 2 is 0.400 bits per heavy atom. The van der Waals surface area contributed by atoms with Gasteiger partial charge in [0.05, 0.1) is 0 Å². The van der Waals surface area contributed by atoms with Gasteiger partial charge in [-0.05, 0) is 0 Å². The maximum atomic E-state index is 0. The van der Waals surface area contributed by atoms with Crippen molar-refractivity contribution in [2.24, 2.45) is 0 Å².